The molecule has 0 atom stereocenters. The summed E-state index contributed by atoms with van der Waals surface area (Å²) in [5, 5.41) is 3.09. The lowest BCUT2D eigenvalue weighted by Crippen LogP contribution is -2.33. The number of hydrogen-bond acceptors (Lipinski definition) is 3. The van der Waals surface area contributed by atoms with Crippen molar-refractivity contribution in [3.05, 3.63) is 90.0 Å². The summed E-state index contributed by atoms with van der Waals surface area (Å²) in [4.78, 5) is 15.2. The molecule has 3 aromatic rings. The number of carbonyl (C=O) groups excluding carboxylic acids is 1. The second-order valence-corrected chi connectivity index (χ2v) is 7.94. The topological polar surface area (TPSA) is 41.6 Å². The summed E-state index contributed by atoms with van der Waals surface area (Å²) in [6, 6.07) is 25.4. The van der Waals surface area contributed by atoms with Gasteiger partial charge in [-0.15, -0.1) is 0 Å². The van der Waals surface area contributed by atoms with Gasteiger partial charge in [-0.2, -0.15) is 0 Å². The molecule has 0 saturated carbocycles. The maximum atomic E-state index is 12.8. The first-order chi connectivity index (χ1) is 14.7. The summed E-state index contributed by atoms with van der Waals surface area (Å²) in [6.07, 6.45) is 2.37. The van der Waals surface area contributed by atoms with E-state index in [4.69, 9.17) is 4.74 Å². The van der Waals surface area contributed by atoms with Crippen LogP contribution in [0.3, 0.4) is 0 Å². The van der Waals surface area contributed by atoms with Crippen LogP contribution in [0.2, 0.25) is 0 Å². The van der Waals surface area contributed by atoms with Crippen LogP contribution in [0.4, 0.5) is 11.4 Å². The molecular formula is C26H28N2O2. The highest BCUT2D eigenvalue weighted by Crippen LogP contribution is 2.30. The van der Waals surface area contributed by atoms with Crippen LogP contribution in [-0.2, 0) is 6.61 Å². The van der Waals surface area contributed by atoms with E-state index in [1.807, 2.05) is 60.7 Å². The van der Waals surface area contributed by atoms with E-state index in [0.717, 1.165) is 41.7 Å². The Kier molecular flexibility index (Phi) is 6.33. The van der Waals surface area contributed by atoms with E-state index in [1.165, 1.54) is 12.8 Å². The lowest BCUT2D eigenvalue weighted by atomic mass is 9.98. The molecule has 0 unspecified atom stereocenters. The average molecular weight is 401 g/mol. The van der Waals surface area contributed by atoms with Crippen molar-refractivity contribution < 1.29 is 9.53 Å². The Morgan fingerprint density at radius 1 is 0.933 bits per heavy atom. The SMILES string of the molecule is CC1CCN(c2ccccc2NC(=O)c2ccc(OCc3ccccc3)cc2)CC1. The van der Waals surface area contributed by atoms with Crippen LogP contribution in [-0.4, -0.2) is 19.0 Å². The molecule has 30 heavy (non-hydrogen) atoms. The number of nitrogens with zero attached hydrogens (tertiary/aromatic N) is 1. The van der Waals surface area contributed by atoms with Gasteiger partial charge in [0.15, 0.2) is 0 Å². The fourth-order valence-electron chi connectivity index (χ4n) is 3.74. The van der Waals surface area contributed by atoms with E-state index in [1.54, 1.807) is 12.1 Å². The molecule has 0 spiro atoms. The summed E-state index contributed by atoms with van der Waals surface area (Å²) < 4.78 is 5.81. The molecule has 0 radical (unpaired) electrons. The van der Waals surface area contributed by atoms with Crippen LogP contribution in [0, 0.1) is 5.92 Å². The lowest BCUT2D eigenvalue weighted by molar-refractivity contribution is 0.102. The van der Waals surface area contributed by atoms with Gasteiger partial charge in [0.2, 0.25) is 0 Å². The van der Waals surface area contributed by atoms with Gasteiger partial charge in [-0.3, -0.25) is 4.79 Å². The van der Waals surface area contributed by atoms with Crippen molar-refractivity contribution in [3.63, 3.8) is 0 Å². The summed E-state index contributed by atoms with van der Waals surface area (Å²) in [7, 11) is 0. The molecule has 1 fully saturated rings. The number of rotatable bonds is 6. The van der Waals surface area contributed by atoms with Gasteiger partial charge in [0.1, 0.15) is 12.4 Å². The molecule has 4 heteroatoms. The minimum absolute atomic E-state index is 0.109. The van der Waals surface area contributed by atoms with Crippen LogP contribution < -0.4 is 15.0 Å². The van der Waals surface area contributed by atoms with Crippen molar-refractivity contribution in [1.82, 2.24) is 0 Å². The third-order valence-corrected chi connectivity index (χ3v) is 5.64. The maximum absolute atomic E-state index is 12.8. The van der Waals surface area contributed by atoms with E-state index in [2.05, 4.69) is 23.2 Å². The predicted molar refractivity (Wildman–Crippen MR) is 122 cm³/mol. The summed E-state index contributed by atoms with van der Waals surface area (Å²) >= 11 is 0. The van der Waals surface area contributed by atoms with Crippen molar-refractivity contribution in [1.29, 1.82) is 0 Å². The molecule has 0 aliphatic carbocycles. The molecule has 1 saturated heterocycles. The Hall–Kier alpha value is -3.27. The molecule has 0 bridgehead atoms. The van der Waals surface area contributed by atoms with Gasteiger partial charge < -0.3 is 15.0 Å². The molecule has 3 aromatic carbocycles. The molecule has 154 valence electrons. The first kappa shape index (κ1) is 20.0. The Labute approximate surface area is 178 Å². The number of ether oxygens (including phenoxy) is 1. The third-order valence-electron chi connectivity index (χ3n) is 5.64. The van der Waals surface area contributed by atoms with Crippen molar-refractivity contribution in [2.45, 2.75) is 26.4 Å². The molecule has 1 N–H and O–H groups in total. The maximum Gasteiger partial charge on any atom is 0.255 e. The number of para-hydroxylation sites is 2. The Morgan fingerprint density at radius 3 is 2.33 bits per heavy atom. The fraction of sp³-hybridized carbons (Fsp3) is 0.269. The Bertz CT molecular complexity index is 962. The van der Waals surface area contributed by atoms with Crippen LogP contribution in [0.15, 0.2) is 78.9 Å². The highest BCUT2D eigenvalue weighted by atomic mass is 16.5. The van der Waals surface area contributed by atoms with Gasteiger partial charge in [-0.1, -0.05) is 49.4 Å². The van der Waals surface area contributed by atoms with E-state index >= 15 is 0 Å². The van der Waals surface area contributed by atoms with Crippen molar-refractivity contribution in [3.8, 4) is 5.75 Å². The number of benzene rings is 3. The van der Waals surface area contributed by atoms with Gasteiger partial charge >= 0.3 is 0 Å². The van der Waals surface area contributed by atoms with Crippen molar-refractivity contribution in [2.24, 2.45) is 5.92 Å². The number of carbonyl (C=O) groups is 1. The average Bonchev–Trinajstić information content (AvgIpc) is 2.80. The number of hydrogen-bond donors (Lipinski definition) is 1. The molecule has 4 rings (SSSR count). The molecule has 1 heterocycles. The smallest absolute Gasteiger partial charge is 0.255 e. The van der Waals surface area contributed by atoms with Crippen LogP contribution in [0.1, 0.15) is 35.7 Å². The van der Waals surface area contributed by atoms with Crippen LogP contribution in [0.5, 0.6) is 5.75 Å². The highest BCUT2D eigenvalue weighted by molar-refractivity contribution is 6.06. The van der Waals surface area contributed by atoms with Gasteiger partial charge in [-0.25, -0.2) is 0 Å². The normalized spacial score (nSPS) is 14.4. The minimum atomic E-state index is -0.109. The standard InChI is InChI=1S/C26H28N2O2/c1-20-15-17-28(18-16-20)25-10-6-5-9-24(25)27-26(29)22-11-13-23(14-12-22)30-19-21-7-3-2-4-8-21/h2-14,20H,15-19H2,1H3,(H,27,29). The first-order valence-corrected chi connectivity index (χ1v) is 10.6. The molecule has 4 nitrogen and oxygen atoms in total. The molecular weight excluding hydrogens is 372 g/mol. The van der Waals surface area contributed by atoms with Crippen molar-refractivity contribution in [2.75, 3.05) is 23.3 Å². The molecule has 0 aromatic heterocycles. The highest BCUT2D eigenvalue weighted by Gasteiger charge is 2.19. The summed E-state index contributed by atoms with van der Waals surface area (Å²) in [5.74, 6) is 1.41. The zero-order chi connectivity index (χ0) is 20.8. The molecule has 1 aliphatic heterocycles. The Balaban J connectivity index is 1.39. The van der Waals surface area contributed by atoms with Gasteiger partial charge in [0.05, 0.1) is 11.4 Å². The number of amides is 1. The molecule has 1 aliphatic rings. The predicted octanol–water partition coefficient (Wildman–Crippen LogP) is 5.75. The lowest BCUT2D eigenvalue weighted by Gasteiger charge is -2.33. The second-order valence-electron chi connectivity index (χ2n) is 7.94. The Morgan fingerprint density at radius 2 is 1.60 bits per heavy atom. The fourth-order valence-corrected chi connectivity index (χ4v) is 3.74. The monoisotopic (exact) mass is 400 g/mol. The van der Waals surface area contributed by atoms with E-state index < -0.39 is 0 Å². The van der Waals surface area contributed by atoms with E-state index in [0.29, 0.717) is 12.2 Å². The van der Waals surface area contributed by atoms with Gasteiger partial charge in [0, 0.05) is 18.7 Å². The number of piperidine rings is 1. The van der Waals surface area contributed by atoms with Crippen LogP contribution in [0.25, 0.3) is 0 Å². The summed E-state index contributed by atoms with van der Waals surface area (Å²) in [5.41, 5.74) is 3.69. The zero-order valence-electron chi connectivity index (χ0n) is 17.4. The van der Waals surface area contributed by atoms with Gasteiger partial charge in [-0.05, 0) is 60.7 Å². The minimum Gasteiger partial charge on any atom is -0.489 e. The largest absolute Gasteiger partial charge is 0.489 e. The third kappa shape index (κ3) is 5.01. The quantitative estimate of drug-likeness (QED) is 0.572. The van der Waals surface area contributed by atoms with Gasteiger partial charge in [0.25, 0.3) is 5.91 Å². The van der Waals surface area contributed by atoms with E-state index in [9.17, 15) is 4.79 Å². The van der Waals surface area contributed by atoms with Crippen molar-refractivity contribution >= 4 is 17.3 Å². The molecule has 1 amide bonds. The second kappa shape index (κ2) is 9.49. The van der Waals surface area contributed by atoms with E-state index in [-0.39, 0.29) is 5.91 Å². The zero-order valence-corrected chi connectivity index (χ0v) is 17.4. The first-order valence-electron chi connectivity index (χ1n) is 10.6. The number of anilines is 2. The summed E-state index contributed by atoms with van der Waals surface area (Å²) in [6.45, 7) is 4.87. The van der Waals surface area contributed by atoms with Crippen LogP contribution >= 0.6 is 0 Å². The number of nitrogens with one attached hydrogen (secondary N) is 1.